The van der Waals surface area contributed by atoms with E-state index in [1.54, 1.807) is 6.08 Å². The molecule has 0 saturated carbocycles. The van der Waals surface area contributed by atoms with Crippen LogP contribution in [0.3, 0.4) is 0 Å². The summed E-state index contributed by atoms with van der Waals surface area (Å²) in [6.45, 7) is 2.04. The summed E-state index contributed by atoms with van der Waals surface area (Å²) in [5.41, 5.74) is -0.223. The van der Waals surface area contributed by atoms with Gasteiger partial charge < -0.3 is 4.74 Å². The summed E-state index contributed by atoms with van der Waals surface area (Å²) in [5.74, 6) is 0.353. The number of carbonyl (C=O) groups excluding carboxylic acids is 1. The van der Waals surface area contributed by atoms with Gasteiger partial charge in [0.15, 0.2) is 5.78 Å². The van der Waals surface area contributed by atoms with Gasteiger partial charge in [-0.25, -0.2) is 0 Å². The molecule has 0 amide bonds. The minimum absolute atomic E-state index is 0.0127. The Morgan fingerprint density at radius 3 is 3.15 bits per heavy atom. The van der Waals surface area contributed by atoms with Crippen molar-refractivity contribution >= 4 is 17.4 Å². The Morgan fingerprint density at radius 1 is 1.69 bits per heavy atom. The topological polar surface area (TPSA) is 26.3 Å². The molecule has 70 valence electrons. The molecule has 4 unspecified atom stereocenters. The molecule has 0 aromatic carbocycles. The first-order chi connectivity index (χ1) is 6.12. The Balaban J connectivity index is 2.08. The summed E-state index contributed by atoms with van der Waals surface area (Å²) in [6, 6.07) is 0. The number of halogens is 1. The number of allylic oxidation sites excluding steroid dienone is 1. The highest BCUT2D eigenvalue weighted by Gasteiger charge is 2.61. The van der Waals surface area contributed by atoms with Gasteiger partial charge in [0, 0.05) is 11.0 Å². The Kier molecular flexibility index (Phi) is 1.34. The smallest absolute Gasteiger partial charge is 0.163 e. The number of hydrogen-bond donors (Lipinski definition) is 0. The van der Waals surface area contributed by atoms with E-state index in [1.807, 2.05) is 6.92 Å². The molecule has 3 rings (SSSR count). The van der Waals surface area contributed by atoms with Gasteiger partial charge in [0.25, 0.3) is 0 Å². The number of hydrogen-bond acceptors (Lipinski definition) is 2. The van der Waals surface area contributed by atoms with Gasteiger partial charge in [-0.2, -0.15) is 0 Å². The lowest BCUT2D eigenvalue weighted by Gasteiger charge is -2.27. The molecule has 1 aliphatic carbocycles. The van der Waals surface area contributed by atoms with Crippen LogP contribution in [0.1, 0.15) is 19.8 Å². The van der Waals surface area contributed by atoms with Crippen LogP contribution in [0.2, 0.25) is 0 Å². The molecule has 0 aromatic heterocycles. The average molecular weight is 199 g/mol. The number of ether oxygens (including phenoxy) is 1. The maximum absolute atomic E-state index is 11.6. The summed E-state index contributed by atoms with van der Waals surface area (Å²) in [4.78, 5) is 11.6. The normalized spacial score (nSPS) is 52.6. The second-order valence-electron chi connectivity index (χ2n) is 4.44. The molecule has 0 spiro atoms. The molecule has 2 aliphatic heterocycles. The number of carbonyl (C=O) groups is 1. The highest BCUT2D eigenvalue weighted by atomic mass is 35.5. The van der Waals surface area contributed by atoms with Crippen LogP contribution >= 0.6 is 11.6 Å². The monoisotopic (exact) mass is 198 g/mol. The van der Waals surface area contributed by atoms with Gasteiger partial charge in [-0.05, 0) is 25.8 Å². The van der Waals surface area contributed by atoms with Crippen molar-refractivity contribution in [3.8, 4) is 0 Å². The molecule has 0 N–H and O–H groups in total. The lowest BCUT2D eigenvalue weighted by molar-refractivity contribution is -0.122. The van der Waals surface area contributed by atoms with Gasteiger partial charge in [0.1, 0.15) is 0 Å². The second-order valence-corrected chi connectivity index (χ2v) is 4.88. The minimum atomic E-state index is -0.223. The first-order valence-corrected chi connectivity index (χ1v) is 5.08. The maximum Gasteiger partial charge on any atom is 0.163 e. The number of rotatable bonds is 0. The van der Waals surface area contributed by atoms with Crippen LogP contribution in [0.25, 0.3) is 0 Å². The van der Waals surface area contributed by atoms with Crippen molar-refractivity contribution in [3.63, 3.8) is 0 Å². The first kappa shape index (κ1) is 8.01. The molecule has 13 heavy (non-hydrogen) atoms. The van der Waals surface area contributed by atoms with Crippen molar-refractivity contribution in [2.45, 2.75) is 31.5 Å². The Hall–Kier alpha value is -0.340. The second kappa shape index (κ2) is 2.18. The Bertz CT molecular complexity index is 323. The van der Waals surface area contributed by atoms with E-state index >= 15 is 0 Å². The highest BCUT2D eigenvalue weighted by Crippen LogP contribution is 2.56. The van der Waals surface area contributed by atoms with Crippen molar-refractivity contribution in [1.82, 2.24) is 0 Å². The maximum atomic E-state index is 11.6. The standard InChI is InChI=1S/C10H11ClO2/c1-10-3-2-7(13-10)8-5(11)4-6(12)9(8)10/h4,7-9H,2-3H2,1H3. The van der Waals surface area contributed by atoms with E-state index in [0.717, 1.165) is 12.8 Å². The number of ketones is 1. The van der Waals surface area contributed by atoms with Gasteiger partial charge >= 0.3 is 0 Å². The largest absolute Gasteiger partial charge is 0.371 e. The Morgan fingerprint density at radius 2 is 2.46 bits per heavy atom. The molecule has 3 aliphatic rings. The summed E-state index contributed by atoms with van der Waals surface area (Å²) in [7, 11) is 0. The molecular formula is C10H11ClO2. The van der Waals surface area contributed by atoms with Gasteiger partial charge in [0.2, 0.25) is 0 Å². The molecule has 2 saturated heterocycles. The third-order valence-electron chi connectivity index (χ3n) is 3.67. The molecule has 4 atom stereocenters. The highest BCUT2D eigenvalue weighted by molar-refractivity contribution is 6.33. The predicted octanol–water partition coefficient (Wildman–Crippen LogP) is 1.88. The number of fused-ring (bicyclic) bond motifs is 5. The van der Waals surface area contributed by atoms with E-state index < -0.39 is 0 Å². The van der Waals surface area contributed by atoms with Crippen molar-refractivity contribution < 1.29 is 9.53 Å². The lowest BCUT2D eigenvalue weighted by Crippen LogP contribution is -2.37. The summed E-state index contributed by atoms with van der Waals surface area (Å²) in [5, 5.41) is 0.712. The van der Waals surface area contributed by atoms with Crippen molar-refractivity contribution in [2.24, 2.45) is 11.8 Å². The third-order valence-corrected chi connectivity index (χ3v) is 4.03. The molecule has 2 nitrogen and oxygen atoms in total. The third kappa shape index (κ3) is 0.810. The van der Waals surface area contributed by atoms with Crippen LogP contribution < -0.4 is 0 Å². The fourth-order valence-corrected chi connectivity index (χ4v) is 3.48. The summed E-state index contributed by atoms with van der Waals surface area (Å²) < 4.78 is 5.82. The molecule has 0 aromatic rings. The van der Waals surface area contributed by atoms with Crippen LogP contribution in [-0.4, -0.2) is 17.5 Å². The molecule has 3 heteroatoms. The molecule has 2 heterocycles. The zero-order valence-corrected chi connectivity index (χ0v) is 8.17. The van der Waals surface area contributed by atoms with Gasteiger partial charge in [0.05, 0.1) is 17.6 Å². The minimum Gasteiger partial charge on any atom is -0.371 e. The zero-order chi connectivity index (χ0) is 9.22. The van der Waals surface area contributed by atoms with Gasteiger partial charge in [-0.1, -0.05) is 11.6 Å². The van der Waals surface area contributed by atoms with E-state index in [0.29, 0.717) is 5.03 Å². The average Bonchev–Trinajstić information content (AvgIpc) is 2.62. The fourth-order valence-electron chi connectivity index (χ4n) is 3.11. The molecule has 2 bridgehead atoms. The van der Waals surface area contributed by atoms with Crippen molar-refractivity contribution in [3.05, 3.63) is 11.1 Å². The van der Waals surface area contributed by atoms with Crippen LogP contribution in [-0.2, 0) is 9.53 Å². The molecule has 0 radical (unpaired) electrons. The van der Waals surface area contributed by atoms with Crippen LogP contribution in [0, 0.1) is 11.8 Å². The summed E-state index contributed by atoms with van der Waals surface area (Å²) in [6.07, 6.45) is 3.85. The molecular weight excluding hydrogens is 188 g/mol. The summed E-state index contributed by atoms with van der Waals surface area (Å²) >= 11 is 6.02. The quantitative estimate of drug-likeness (QED) is 0.594. The van der Waals surface area contributed by atoms with E-state index in [4.69, 9.17) is 16.3 Å². The van der Waals surface area contributed by atoms with E-state index in [2.05, 4.69) is 0 Å². The van der Waals surface area contributed by atoms with Gasteiger partial charge in [-0.15, -0.1) is 0 Å². The predicted molar refractivity (Wildman–Crippen MR) is 48.4 cm³/mol. The Labute approximate surface area is 81.9 Å². The van der Waals surface area contributed by atoms with Crippen LogP contribution in [0.5, 0.6) is 0 Å². The van der Waals surface area contributed by atoms with Crippen molar-refractivity contribution in [2.75, 3.05) is 0 Å². The SMILES string of the molecule is CC12CCC(O1)C1C(Cl)=CC(=O)C12. The molecule has 2 fully saturated rings. The first-order valence-electron chi connectivity index (χ1n) is 4.70. The van der Waals surface area contributed by atoms with Crippen LogP contribution in [0.15, 0.2) is 11.1 Å². The van der Waals surface area contributed by atoms with Crippen molar-refractivity contribution in [1.29, 1.82) is 0 Å². The zero-order valence-electron chi connectivity index (χ0n) is 7.42. The van der Waals surface area contributed by atoms with E-state index in [-0.39, 0.29) is 29.3 Å². The van der Waals surface area contributed by atoms with E-state index in [1.165, 1.54) is 0 Å². The lowest BCUT2D eigenvalue weighted by atomic mass is 9.74. The fraction of sp³-hybridized carbons (Fsp3) is 0.700. The van der Waals surface area contributed by atoms with E-state index in [9.17, 15) is 4.79 Å². The van der Waals surface area contributed by atoms with Gasteiger partial charge in [-0.3, -0.25) is 4.79 Å². The van der Waals surface area contributed by atoms with Crippen LogP contribution in [0.4, 0.5) is 0 Å².